The van der Waals surface area contributed by atoms with Crippen LogP contribution in [0, 0.1) is 0 Å². The van der Waals surface area contributed by atoms with Gasteiger partial charge in [-0.25, -0.2) is 0 Å². The lowest BCUT2D eigenvalue weighted by atomic mass is 10.2. The second kappa shape index (κ2) is 7.60. The summed E-state index contributed by atoms with van der Waals surface area (Å²) in [6.45, 7) is 4.80. The zero-order chi connectivity index (χ0) is 14.3. The highest BCUT2D eigenvalue weighted by molar-refractivity contribution is 5.96. The van der Waals surface area contributed by atoms with Gasteiger partial charge in [0.1, 0.15) is 11.5 Å². The van der Waals surface area contributed by atoms with Gasteiger partial charge in [0, 0.05) is 19.3 Å². The Morgan fingerprint density at radius 1 is 1.26 bits per heavy atom. The number of carbonyl (C=O) groups excluding carboxylic acids is 1. The van der Waals surface area contributed by atoms with Gasteiger partial charge in [-0.15, -0.1) is 0 Å². The Bertz CT molecular complexity index is 415. The summed E-state index contributed by atoms with van der Waals surface area (Å²) >= 11 is 0. The van der Waals surface area contributed by atoms with Crippen molar-refractivity contribution in [2.75, 3.05) is 19.8 Å². The normalized spacial score (nSPS) is 10.7. The van der Waals surface area contributed by atoms with Crippen LogP contribution in [0.1, 0.15) is 24.2 Å². The maximum Gasteiger partial charge on any atom is 0.255 e. The third kappa shape index (κ3) is 4.76. The van der Waals surface area contributed by atoms with Crippen molar-refractivity contribution < 1.29 is 24.5 Å². The van der Waals surface area contributed by atoms with Crippen LogP contribution in [0.25, 0.3) is 0 Å². The van der Waals surface area contributed by atoms with E-state index in [0.29, 0.717) is 13.2 Å². The van der Waals surface area contributed by atoms with Crippen LogP contribution in [0.2, 0.25) is 0 Å². The molecule has 1 aromatic rings. The average molecular weight is 269 g/mol. The third-order valence-electron chi connectivity index (χ3n) is 2.36. The Hall–Kier alpha value is -1.79. The Kier molecular flexibility index (Phi) is 6.11. The molecule has 0 saturated heterocycles. The molecule has 0 aromatic heterocycles. The monoisotopic (exact) mass is 269 g/mol. The van der Waals surface area contributed by atoms with E-state index in [9.17, 15) is 9.90 Å². The highest BCUT2D eigenvalue weighted by atomic mass is 16.7. The molecule has 0 aliphatic carbocycles. The second-order valence-corrected chi connectivity index (χ2v) is 3.75. The Balaban J connectivity index is 2.58. The first-order chi connectivity index (χ1) is 9.08. The summed E-state index contributed by atoms with van der Waals surface area (Å²) in [6.07, 6.45) is -0.516. The minimum absolute atomic E-state index is 0.0875. The van der Waals surface area contributed by atoms with Gasteiger partial charge >= 0.3 is 0 Å². The molecule has 0 aliphatic heterocycles. The number of phenolic OH excluding ortho intramolecular Hbond substituents is 2. The lowest BCUT2D eigenvalue weighted by Crippen LogP contribution is -2.35. The molecule has 0 spiro atoms. The molecule has 106 valence electrons. The second-order valence-electron chi connectivity index (χ2n) is 3.75. The Morgan fingerprint density at radius 3 is 2.42 bits per heavy atom. The van der Waals surface area contributed by atoms with Gasteiger partial charge in [0.15, 0.2) is 6.29 Å². The van der Waals surface area contributed by atoms with Crippen molar-refractivity contribution in [1.29, 1.82) is 0 Å². The molecule has 6 nitrogen and oxygen atoms in total. The number of aromatic hydroxyl groups is 2. The Morgan fingerprint density at radius 2 is 1.89 bits per heavy atom. The van der Waals surface area contributed by atoms with Gasteiger partial charge in [-0.3, -0.25) is 4.79 Å². The largest absolute Gasteiger partial charge is 0.508 e. The molecule has 6 heteroatoms. The number of rotatable bonds is 7. The number of nitrogens with one attached hydrogen (secondary N) is 1. The van der Waals surface area contributed by atoms with Gasteiger partial charge in [-0.2, -0.15) is 0 Å². The van der Waals surface area contributed by atoms with Crippen molar-refractivity contribution in [2.24, 2.45) is 0 Å². The molecule has 1 rings (SSSR count). The number of hydrogen-bond acceptors (Lipinski definition) is 5. The number of benzene rings is 1. The van der Waals surface area contributed by atoms with Gasteiger partial charge in [0.25, 0.3) is 5.91 Å². The highest BCUT2D eigenvalue weighted by Gasteiger charge is 2.14. The number of phenols is 2. The first-order valence-electron chi connectivity index (χ1n) is 6.11. The molecule has 0 unspecified atom stereocenters. The number of ether oxygens (including phenoxy) is 2. The van der Waals surface area contributed by atoms with E-state index in [1.165, 1.54) is 12.1 Å². The summed E-state index contributed by atoms with van der Waals surface area (Å²) < 4.78 is 10.6. The molecule has 0 radical (unpaired) electrons. The van der Waals surface area contributed by atoms with E-state index in [1.54, 1.807) is 0 Å². The molecule has 1 aromatic carbocycles. The minimum atomic E-state index is -0.516. The van der Waals surface area contributed by atoms with E-state index in [1.807, 2.05) is 13.8 Å². The van der Waals surface area contributed by atoms with E-state index in [0.717, 1.165) is 6.07 Å². The van der Waals surface area contributed by atoms with E-state index in [4.69, 9.17) is 14.6 Å². The topological polar surface area (TPSA) is 88.0 Å². The first kappa shape index (κ1) is 15.3. The zero-order valence-corrected chi connectivity index (χ0v) is 11.0. The molecular formula is C13H19NO5. The highest BCUT2D eigenvalue weighted by Crippen LogP contribution is 2.22. The predicted molar refractivity (Wildman–Crippen MR) is 69.1 cm³/mol. The lowest BCUT2D eigenvalue weighted by Gasteiger charge is -2.17. The molecule has 0 atom stereocenters. The predicted octanol–water partition coefficient (Wildman–Crippen LogP) is 1.23. The lowest BCUT2D eigenvalue weighted by molar-refractivity contribution is -0.131. The van der Waals surface area contributed by atoms with E-state index in [-0.39, 0.29) is 23.6 Å². The standard InChI is InChI=1S/C13H19NO5/c1-3-18-12(19-4-2)8-14-13(17)10-6-5-9(15)7-11(10)16/h5-7,12,15-16H,3-4,8H2,1-2H3,(H,14,17). The van der Waals surface area contributed by atoms with Crippen LogP contribution in [-0.4, -0.2) is 42.2 Å². The summed E-state index contributed by atoms with van der Waals surface area (Å²) in [5, 5.41) is 21.3. The van der Waals surface area contributed by atoms with Crippen LogP contribution >= 0.6 is 0 Å². The summed E-state index contributed by atoms with van der Waals surface area (Å²) in [4.78, 5) is 11.8. The first-order valence-corrected chi connectivity index (χ1v) is 6.11. The molecule has 3 N–H and O–H groups in total. The van der Waals surface area contributed by atoms with Crippen molar-refractivity contribution >= 4 is 5.91 Å². The fraction of sp³-hybridized carbons (Fsp3) is 0.462. The van der Waals surface area contributed by atoms with Crippen LogP contribution in [0.3, 0.4) is 0 Å². The van der Waals surface area contributed by atoms with Crippen molar-refractivity contribution in [3.63, 3.8) is 0 Å². The van der Waals surface area contributed by atoms with Crippen LogP contribution < -0.4 is 5.32 Å². The molecule has 0 heterocycles. The van der Waals surface area contributed by atoms with E-state index >= 15 is 0 Å². The van der Waals surface area contributed by atoms with Crippen LogP contribution in [0.5, 0.6) is 11.5 Å². The average Bonchev–Trinajstić information content (AvgIpc) is 2.36. The molecule has 0 bridgehead atoms. The summed E-state index contributed by atoms with van der Waals surface area (Å²) in [6, 6.07) is 3.78. The molecule has 0 fully saturated rings. The van der Waals surface area contributed by atoms with Gasteiger partial charge in [0.2, 0.25) is 0 Å². The Labute approximate surface area is 112 Å². The van der Waals surface area contributed by atoms with E-state index in [2.05, 4.69) is 5.32 Å². The summed E-state index contributed by atoms with van der Waals surface area (Å²) in [5.41, 5.74) is 0.0875. The van der Waals surface area contributed by atoms with Gasteiger partial charge in [0.05, 0.1) is 12.1 Å². The van der Waals surface area contributed by atoms with Crippen LogP contribution in [0.15, 0.2) is 18.2 Å². The van der Waals surface area contributed by atoms with E-state index < -0.39 is 12.2 Å². The number of carbonyl (C=O) groups is 1. The SMILES string of the molecule is CCOC(CNC(=O)c1ccc(O)cc1O)OCC. The third-order valence-corrected chi connectivity index (χ3v) is 2.36. The number of amides is 1. The van der Waals surface area contributed by atoms with Gasteiger partial charge in [-0.05, 0) is 26.0 Å². The fourth-order valence-corrected chi connectivity index (χ4v) is 1.52. The maximum atomic E-state index is 11.8. The summed E-state index contributed by atoms with van der Waals surface area (Å²) in [5.74, 6) is -0.834. The fourth-order valence-electron chi connectivity index (χ4n) is 1.52. The van der Waals surface area contributed by atoms with Gasteiger partial charge in [-0.1, -0.05) is 0 Å². The van der Waals surface area contributed by atoms with Crippen molar-refractivity contribution in [2.45, 2.75) is 20.1 Å². The quantitative estimate of drug-likeness (QED) is 0.648. The van der Waals surface area contributed by atoms with Crippen molar-refractivity contribution in [3.05, 3.63) is 23.8 Å². The van der Waals surface area contributed by atoms with Crippen LogP contribution in [-0.2, 0) is 9.47 Å². The molecule has 0 saturated carbocycles. The summed E-state index contributed by atoms with van der Waals surface area (Å²) in [7, 11) is 0. The molecular weight excluding hydrogens is 250 g/mol. The van der Waals surface area contributed by atoms with Crippen molar-refractivity contribution in [3.8, 4) is 11.5 Å². The van der Waals surface area contributed by atoms with Crippen molar-refractivity contribution in [1.82, 2.24) is 5.32 Å². The van der Waals surface area contributed by atoms with Crippen LogP contribution in [0.4, 0.5) is 0 Å². The molecule has 19 heavy (non-hydrogen) atoms. The zero-order valence-electron chi connectivity index (χ0n) is 11.0. The molecule has 0 aliphatic rings. The number of hydrogen-bond donors (Lipinski definition) is 3. The maximum absolute atomic E-state index is 11.8. The smallest absolute Gasteiger partial charge is 0.255 e. The molecule has 1 amide bonds. The van der Waals surface area contributed by atoms with Gasteiger partial charge < -0.3 is 25.0 Å². The minimum Gasteiger partial charge on any atom is -0.508 e.